The molecule has 2 atom stereocenters. The predicted molar refractivity (Wildman–Crippen MR) is 130 cm³/mol. The van der Waals surface area contributed by atoms with Crippen LogP contribution in [0.1, 0.15) is 48.1 Å². The molecule has 182 valence electrons. The van der Waals surface area contributed by atoms with Crippen molar-refractivity contribution in [2.24, 2.45) is 0 Å². The molecule has 2 aromatic heterocycles. The van der Waals surface area contributed by atoms with Crippen molar-refractivity contribution < 1.29 is 19.0 Å². The van der Waals surface area contributed by atoms with Crippen LogP contribution in [-0.4, -0.2) is 44.9 Å². The van der Waals surface area contributed by atoms with Crippen LogP contribution < -0.4 is 15.2 Å². The standard InChI is InChI=1S/C26H27FN4O4/c1-4-17(5-2)29-16-31(30-15-13-21(32)24(33)23(30)26(29)34)22(20-12-7-8-14-28-20)18-10-9-11-19(27)25(18)35-6-3/h4,7-15,17,22,33H,1,5-6,16H2,2-3H3/t17-,22+/m1/s1. The molecule has 1 amide bonds. The highest BCUT2D eigenvalue weighted by Gasteiger charge is 2.39. The van der Waals surface area contributed by atoms with Crippen molar-refractivity contribution in [2.75, 3.05) is 18.3 Å². The molecular formula is C26H27FN4O4. The van der Waals surface area contributed by atoms with Crippen molar-refractivity contribution in [1.82, 2.24) is 14.6 Å². The zero-order chi connectivity index (χ0) is 25.1. The summed E-state index contributed by atoms with van der Waals surface area (Å²) in [5.74, 6) is -1.63. The van der Waals surface area contributed by atoms with E-state index in [0.717, 1.165) is 0 Å². The summed E-state index contributed by atoms with van der Waals surface area (Å²) in [4.78, 5) is 31.8. The third-order valence-corrected chi connectivity index (χ3v) is 6.03. The second kappa shape index (κ2) is 10.0. The van der Waals surface area contributed by atoms with E-state index in [4.69, 9.17) is 4.74 Å². The highest BCUT2D eigenvalue weighted by Crippen LogP contribution is 2.37. The first-order valence-corrected chi connectivity index (χ1v) is 11.4. The fraction of sp³-hybridized carbons (Fsp3) is 0.269. The Morgan fingerprint density at radius 3 is 2.66 bits per heavy atom. The number of halogens is 1. The smallest absolute Gasteiger partial charge is 0.278 e. The van der Waals surface area contributed by atoms with E-state index in [9.17, 15) is 19.1 Å². The fourth-order valence-electron chi connectivity index (χ4n) is 4.38. The lowest BCUT2D eigenvalue weighted by atomic mass is 10.00. The summed E-state index contributed by atoms with van der Waals surface area (Å²) in [6.07, 6.45) is 5.26. The number of carbonyl (C=O) groups excluding carboxylic acids is 1. The number of fused-ring (bicyclic) bond motifs is 1. The van der Waals surface area contributed by atoms with Crippen molar-refractivity contribution in [3.63, 3.8) is 0 Å². The van der Waals surface area contributed by atoms with E-state index < -0.39 is 28.9 Å². The van der Waals surface area contributed by atoms with Crippen LogP contribution in [0, 0.1) is 5.82 Å². The van der Waals surface area contributed by atoms with Gasteiger partial charge in [0.1, 0.15) is 12.7 Å². The van der Waals surface area contributed by atoms with Crippen LogP contribution in [0.15, 0.2) is 72.3 Å². The highest BCUT2D eigenvalue weighted by atomic mass is 19.1. The molecule has 35 heavy (non-hydrogen) atoms. The van der Waals surface area contributed by atoms with Crippen LogP contribution in [0.25, 0.3) is 0 Å². The van der Waals surface area contributed by atoms with Crippen LogP contribution in [0.4, 0.5) is 4.39 Å². The topological polar surface area (TPSA) is 87.9 Å². The van der Waals surface area contributed by atoms with Gasteiger partial charge in [-0.05, 0) is 31.5 Å². The number of para-hydroxylation sites is 1. The van der Waals surface area contributed by atoms with E-state index in [1.165, 1.54) is 27.9 Å². The maximum Gasteiger partial charge on any atom is 0.278 e. The number of carbonyl (C=O) groups is 1. The Bertz CT molecular complexity index is 1290. The van der Waals surface area contributed by atoms with E-state index in [1.54, 1.807) is 48.5 Å². The van der Waals surface area contributed by atoms with E-state index in [2.05, 4.69) is 11.6 Å². The largest absolute Gasteiger partial charge is 0.502 e. The van der Waals surface area contributed by atoms with Crippen molar-refractivity contribution in [3.8, 4) is 11.5 Å². The third kappa shape index (κ3) is 4.25. The van der Waals surface area contributed by atoms with Gasteiger partial charge in [0.25, 0.3) is 5.91 Å². The number of hydrogen-bond acceptors (Lipinski definition) is 6. The van der Waals surface area contributed by atoms with Crippen molar-refractivity contribution in [3.05, 3.63) is 101 Å². The number of rotatable bonds is 8. The van der Waals surface area contributed by atoms with Crippen molar-refractivity contribution in [2.45, 2.75) is 32.4 Å². The molecule has 9 heteroatoms. The molecular weight excluding hydrogens is 451 g/mol. The Hall–Kier alpha value is -4.14. The minimum atomic E-state index is -0.730. The van der Waals surface area contributed by atoms with Crippen LogP contribution in [0.3, 0.4) is 0 Å². The number of pyridine rings is 2. The van der Waals surface area contributed by atoms with Gasteiger partial charge >= 0.3 is 0 Å². The van der Waals surface area contributed by atoms with Gasteiger partial charge in [-0.2, -0.15) is 0 Å². The van der Waals surface area contributed by atoms with E-state index in [-0.39, 0.29) is 30.8 Å². The van der Waals surface area contributed by atoms with E-state index >= 15 is 0 Å². The summed E-state index contributed by atoms with van der Waals surface area (Å²) in [6, 6.07) is 10.1. The Labute approximate surface area is 202 Å². The average molecular weight is 479 g/mol. The van der Waals surface area contributed by atoms with Gasteiger partial charge in [-0.25, -0.2) is 4.39 Å². The SMILES string of the molecule is C=C[C@H](CC)N1CN([C@H](c2ccccn2)c2cccc(F)c2OCC)n2ccc(=O)c(O)c2C1=O. The Morgan fingerprint density at radius 2 is 2.00 bits per heavy atom. The Balaban J connectivity index is 2.01. The maximum absolute atomic E-state index is 14.9. The molecule has 4 rings (SSSR count). The summed E-state index contributed by atoms with van der Waals surface area (Å²) in [6.45, 7) is 7.82. The van der Waals surface area contributed by atoms with E-state index in [1.807, 2.05) is 13.0 Å². The normalized spacial score (nSPS) is 14.9. The molecule has 0 aliphatic carbocycles. The number of aromatic hydroxyl groups is 1. The average Bonchev–Trinajstić information content (AvgIpc) is 2.87. The molecule has 8 nitrogen and oxygen atoms in total. The number of hydrogen-bond donors (Lipinski definition) is 1. The fourth-order valence-corrected chi connectivity index (χ4v) is 4.38. The quantitative estimate of drug-likeness (QED) is 0.498. The summed E-state index contributed by atoms with van der Waals surface area (Å²) >= 11 is 0. The van der Waals surface area contributed by atoms with Crippen LogP contribution in [0.2, 0.25) is 0 Å². The summed E-state index contributed by atoms with van der Waals surface area (Å²) < 4.78 is 22.1. The summed E-state index contributed by atoms with van der Waals surface area (Å²) in [5.41, 5.74) is 0.187. The molecule has 0 saturated carbocycles. The monoisotopic (exact) mass is 478 g/mol. The molecule has 1 aromatic carbocycles. The highest BCUT2D eigenvalue weighted by molar-refractivity contribution is 5.96. The zero-order valence-corrected chi connectivity index (χ0v) is 19.6. The second-order valence-corrected chi connectivity index (χ2v) is 8.04. The van der Waals surface area contributed by atoms with Gasteiger partial charge in [0.05, 0.1) is 18.3 Å². The number of benzene rings is 1. The number of amides is 1. The second-order valence-electron chi connectivity index (χ2n) is 8.04. The molecule has 0 spiro atoms. The molecule has 0 fully saturated rings. The van der Waals surface area contributed by atoms with E-state index in [0.29, 0.717) is 17.7 Å². The van der Waals surface area contributed by atoms with Gasteiger partial charge in [0.15, 0.2) is 23.0 Å². The number of ether oxygens (including phenoxy) is 1. The molecule has 0 radical (unpaired) electrons. The first kappa shape index (κ1) is 24.0. The molecule has 1 aliphatic heterocycles. The summed E-state index contributed by atoms with van der Waals surface area (Å²) in [7, 11) is 0. The van der Waals surface area contributed by atoms with Gasteiger partial charge in [0.2, 0.25) is 5.43 Å². The van der Waals surface area contributed by atoms with Gasteiger partial charge in [0, 0.05) is 24.0 Å². The van der Waals surface area contributed by atoms with Gasteiger partial charge in [-0.1, -0.05) is 31.2 Å². The van der Waals surface area contributed by atoms with Crippen LogP contribution in [-0.2, 0) is 0 Å². The molecule has 0 saturated heterocycles. The van der Waals surface area contributed by atoms with Gasteiger partial charge in [-0.15, -0.1) is 6.58 Å². The van der Waals surface area contributed by atoms with Crippen molar-refractivity contribution in [1.29, 1.82) is 0 Å². The third-order valence-electron chi connectivity index (χ3n) is 6.03. The lowest BCUT2D eigenvalue weighted by Gasteiger charge is -2.45. The Kier molecular flexibility index (Phi) is 6.86. The number of aromatic nitrogens is 2. The minimum absolute atomic E-state index is 0.0575. The van der Waals surface area contributed by atoms with Crippen LogP contribution >= 0.6 is 0 Å². The Morgan fingerprint density at radius 1 is 1.20 bits per heavy atom. The number of nitrogens with zero attached hydrogens (tertiary/aromatic N) is 4. The van der Waals surface area contributed by atoms with Crippen molar-refractivity contribution >= 4 is 5.91 Å². The predicted octanol–water partition coefficient (Wildman–Crippen LogP) is 3.59. The maximum atomic E-state index is 14.9. The lowest BCUT2D eigenvalue weighted by Crippen LogP contribution is -2.58. The molecule has 3 aromatic rings. The summed E-state index contributed by atoms with van der Waals surface area (Å²) in [5, 5.41) is 12.4. The molecule has 0 unspecified atom stereocenters. The first-order valence-electron chi connectivity index (χ1n) is 11.4. The molecule has 1 aliphatic rings. The van der Waals surface area contributed by atoms with Crippen LogP contribution in [0.5, 0.6) is 11.5 Å². The van der Waals surface area contributed by atoms with Gasteiger partial charge < -0.3 is 14.7 Å². The molecule has 0 bridgehead atoms. The zero-order valence-electron chi connectivity index (χ0n) is 19.6. The first-order chi connectivity index (χ1) is 16.9. The molecule has 3 heterocycles. The molecule has 1 N–H and O–H groups in total. The minimum Gasteiger partial charge on any atom is -0.502 e. The lowest BCUT2D eigenvalue weighted by molar-refractivity contribution is 0.0625. The van der Waals surface area contributed by atoms with Gasteiger partial charge in [-0.3, -0.25) is 24.3 Å².